The van der Waals surface area contributed by atoms with Gasteiger partial charge in [-0.1, -0.05) is 27.7 Å². The van der Waals surface area contributed by atoms with Crippen molar-refractivity contribution in [3.05, 3.63) is 36.0 Å². The lowest BCUT2D eigenvalue weighted by Gasteiger charge is -2.32. The molecule has 7 nitrogen and oxygen atoms in total. The van der Waals surface area contributed by atoms with Crippen molar-refractivity contribution in [2.24, 2.45) is 5.92 Å². The van der Waals surface area contributed by atoms with Gasteiger partial charge in [0, 0.05) is 13.1 Å². The second-order valence-electron chi connectivity index (χ2n) is 7.75. The standard InChI is InChI=1S/C20H30N4O3/c1-14(2)7-8-24-19(15(3)4)16(12-21-24)22-20(25)23-9-11-27-18(13-23)17-6-5-10-26-17/h5-6,10,12,14-15,18H,7-9,11,13H2,1-4H3,(H,22,25). The number of carbonyl (C=O) groups excluding carboxylic acids is 1. The Bertz CT molecular complexity index is 737. The summed E-state index contributed by atoms with van der Waals surface area (Å²) < 4.78 is 13.2. The number of hydrogen-bond acceptors (Lipinski definition) is 4. The molecule has 148 valence electrons. The Kier molecular flexibility index (Phi) is 6.21. The number of aromatic nitrogens is 2. The molecule has 0 saturated carbocycles. The van der Waals surface area contributed by atoms with Crippen LogP contribution >= 0.6 is 0 Å². The normalized spacial score (nSPS) is 17.7. The van der Waals surface area contributed by atoms with E-state index in [2.05, 4.69) is 38.1 Å². The Morgan fingerprint density at radius 2 is 2.19 bits per heavy atom. The van der Waals surface area contributed by atoms with Crippen molar-refractivity contribution < 1.29 is 13.9 Å². The summed E-state index contributed by atoms with van der Waals surface area (Å²) in [5.41, 5.74) is 1.86. The van der Waals surface area contributed by atoms with Crippen LogP contribution < -0.4 is 5.32 Å². The number of morpholine rings is 1. The molecular formula is C20H30N4O3. The second kappa shape index (κ2) is 8.61. The first-order valence-corrected chi connectivity index (χ1v) is 9.72. The van der Waals surface area contributed by atoms with E-state index in [1.165, 1.54) is 0 Å². The Labute approximate surface area is 160 Å². The van der Waals surface area contributed by atoms with Crippen LogP contribution in [0.5, 0.6) is 0 Å². The van der Waals surface area contributed by atoms with Crippen molar-refractivity contribution in [3.63, 3.8) is 0 Å². The Balaban J connectivity index is 1.68. The fourth-order valence-electron chi connectivity index (χ4n) is 3.33. The highest BCUT2D eigenvalue weighted by Gasteiger charge is 2.28. The predicted octanol–water partition coefficient (Wildman–Crippen LogP) is 4.25. The summed E-state index contributed by atoms with van der Waals surface area (Å²) >= 11 is 0. The maximum Gasteiger partial charge on any atom is 0.322 e. The topological polar surface area (TPSA) is 72.5 Å². The SMILES string of the molecule is CC(C)CCn1ncc(NC(=O)N2CCOC(c3ccco3)C2)c1C(C)C. The number of hydrogen-bond donors (Lipinski definition) is 1. The van der Waals surface area contributed by atoms with Crippen LogP contribution in [0.3, 0.4) is 0 Å². The fourth-order valence-corrected chi connectivity index (χ4v) is 3.33. The maximum absolute atomic E-state index is 12.8. The highest BCUT2D eigenvalue weighted by molar-refractivity contribution is 5.90. The first-order valence-electron chi connectivity index (χ1n) is 9.72. The van der Waals surface area contributed by atoms with E-state index >= 15 is 0 Å². The van der Waals surface area contributed by atoms with E-state index in [1.54, 1.807) is 17.4 Å². The van der Waals surface area contributed by atoms with Crippen molar-refractivity contribution in [3.8, 4) is 0 Å². The molecule has 3 heterocycles. The van der Waals surface area contributed by atoms with Crippen LogP contribution in [-0.2, 0) is 11.3 Å². The number of ether oxygens (including phenoxy) is 1. The minimum atomic E-state index is -0.224. The first kappa shape index (κ1) is 19.5. The number of aryl methyl sites for hydroxylation is 1. The molecule has 2 amide bonds. The lowest BCUT2D eigenvalue weighted by Crippen LogP contribution is -2.44. The highest BCUT2D eigenvalue weighted by atomic mass is 16.5. The molecule has 0 aliphatic carbocycles. The summed E-state index contributed by atoms with van der Waals surface area (Å²) in [5.74, 6) is 1.63. The average molecular weight is 374 g/mol. The van der Waals surface area contributed by atoms with E-state index in [0.717, 1.165) is 30.1 Å². The third kappa shape index (κ3) is 4.71. The lowest BCUT2D eigenvalue weighted by atomic mass is 10.1. The molecule has 2 aromatic heterocycles. The summed E-state index contributed by atoms with van der Waals surface area (Å²) in [5, 5.41) is 7.56. The number of amides is 2. The summed E-state index contributed by atoms with van der Waals surface area (Å²) in [6.07, 6.45) is 4.22. The molecular weight excluding hydrogens is 344 g/mol. The fraction of sp³-hybridized carbons (Fsp3) is 0.600. The molecule has 0 aromatic carbocycles. The van der Waals surface area contributed by atoms with Crippen LogP contribution in [-0.4, -0.2) is 40.4 Å². The molecule has 1 aliphatic rings. The van der Waals surface area contributed by atoms with Crippen molar-refractivity contribution >= 4 is 11.7 Å². The molecule has 1 atom stereocenters. The van der Waals surface area contributed by atoms with Gasteiger partial charge in [0.05, 0.1) is 37.0 Å². The molecule has 1 aliphatic heterocycles. The van der Waals surface area contributed by atoms with Gasteiger partial charge in [-0.25, -0.2) is 4.79 Å². The van der Waals surface area contributed by atoms with E-state index < -0.39 is 0 Å². The van der Waals surface area contributed by atoms with Gasteiger partial charge in [0.25, 0.3) is 0 Å². The number of nitrogens with zero attached hydrogens (tertiary/aromatic N) is 3. The molecule has 0 spiro atoms. The van der Waals surface area contributed by atoms with E-state index in [4.69, 9.17) is 9.15 Å². The van der Waals surface area contributed by atoms with E-state index in [9.17, 15) is 4.79 Å². The van der Waals surface area contributed by atoms with Crippen LogP contribution in [0, 0.1) is 5.92 Å². The summed E-state index contributed by atoms with van der Waals surface area (Å²) in [6, 6.07) is 3.58. The molecule has 0 bridgehead atoms. The monoisotopic (exact) mass is 374 g/mol. The zero-order valence-corrected chi connectivity index (χ0v) is 16.6. The van der Waals surface area contributed by atoms with E-state index in [1.807, 2.05) is 16.8 Å². The molecule has 1 fully saturated rings. The average Bonchev–Trinajstić information content (AvgIpc) is 3.30. The largest absolute Gasteiger partial charge is 0.467 e. The van der Waals surface area contributed by atoms with Gasteiger partial charge in [-0.2, -0.15) is 5.10 Å². The minimum absolute atomic E-state index is 0.125. The summed E-state index contributed by atoms with van der Waals surface area (Å²) in [7, 11) is 0. The predicted molar refractivity (Wildman–Crippen MR) is 104 cm³/mol. The molecule has 27 heavy (non-hydrogen) atoms. The number of urea groups is 1. The first-order chi connectivity index (χ1) is 13.0. The minimum Gasteiger partial charge on any atom is -0.467 e. The zero-order chi connectivity index (χ0) is 19.4. The second-order valence-corrected chi connectivity index (χ2v) is 7.75. The molecule has 7 heteroatoms. The Hall–Kier alpha value is -2.28. The van der Waals surface area contributed by atoms with Crippen molar-refractivity contribution in [2.75, 3.05) is 25.0 Å². The number of rotatable bonds is 6. The molecule has 0 radical (unpaired) electrons. The molecule has 1 N–H and O–H groups in total. The number of carbonyl (C=O) groups is 1. The van der Waals surface area contributed by atoms with Crippen LogP contribution in [0.1, 0.15) is 57.6 Å². The van der Waals surface area contributed by atoms with Gasteiger partial charge in [-0.15, -0.1) is 0 Å². The smallest absolute Gasteiger partial charge is 0.322 e. The number of anilines is 1. The molecule has 1 unspecified atom stereocenters. The van der Waals surface area contributed by atoms with Gasteiger partial charge in [0.15, 0.2) is 0 Å². The van der Waals surface area contributed by atoms with Crippen LogP contribution in [0.4, 0.5) is 10.5 Å². The third-order valence-electron chi connectivity index (χ3n) is 4.80. The van der Waals surface area contributed by atoms with Crippen molar-refractivity contribution in [1.29, 1.82) is 0 Å². The van der Waals surface area contributed by atoms with Gasteiger partial charge in [0.1, 0.15) is 11.9 Å². The van der Waals surface area contributed by atoms with E-state index in [0.29, 0.717) is 25.6 Å². The van der Waals surface area contributed by atoms with Crippen LogP contribution in [0.2, 0.25) is 0 Å². The van der Waals surface area contributed by atoms with Gasteiger partial charge in [-0.3, -0.25) is 4.68 Å². The van der Waals surface area contributed by atoms with Crippen molar-refractivity contribution in [2.45, 2.75) is 52.7 Å². The van der Waals surface area contributed by atoms with Crippen molar-refractivity contribution in [1.82, 2.24) is 14.7 Å². The number of furan rings is 1. The lowest BCUT2D eigenvalue weighted by molar-refractivity contribution is -0.0242. The molecule has 1 saturated heterocycles. The van der Waals surface area contributed by atoms with Gasteiger partial charge >= 0.3 is 6.03 Å². The van der Waals surface area contributed by atoms with Gasteiger partial charge in [0.2, 0.25) is 0 Å². The van der Waals surface area contributed by atoms with Crippen LogP contribution in [0.25, 0.3) is 0 Å². The Morgan fingerprint density at radius 1 is 1.37 bits per heavy atom. The maximum atomic E-state index is 12.8. The number of nitrogens with one attached hydrogen (secondary N) is 1. The summed E-state index contributed by atoms with van der Waals surface area (Å²) in [6.45, 7) is 11.0. The van der Waals surface area contributed by atoms with E-state index in [-0.39, 0.29) is 18.1 Å². The quantitative estimate of drug-likeness (QED) is 0.820. The molecule has 3 rings (SSSR count). The summed E-state index contributed by atoms with van der Waals surface area (Å²) in [4.78, 5) is 14.6. The zero-order valence-electron chi connectivity index (χ0n) is 16.6. The van der Waals surface area contributed by atoms with Gasteiger partial charge < -0.3 is 19.4 Å². The third-order valence-corrected chi connectivity index (χ3v) is 4.80. The highest BCUT2D eigenvalue weighted by Crippen LogP contribution is 2.27. The van der Waals surface area contributed by atoms with Crippen LogP contribution in [0.15, 0.2) is 29.0 Å². The molecule has 2 aromatic rings. The Morgan fingerprint density at radius 3 is 2.85 bits per heavy atom. The van der Waals surface area contributed by atoms with Gasteiger partial charge in [-0.05, 0) is 30.4 Å².